The van der Waals surface area contributed by atoms with Gasteiger partial charge in [0.15, 0.2) is 5.65 Å². The van der Waals surface area contributed by atoms with Gasteiger partial charge in [0, 0.05) is 18.7 Å². The monoisotopic (exact) mass is 473 g/mol. The molecule has 1 fully saturated rings. The molecule has 0 atom stereocenters. The van der Waals surface area contributed by atoms with E-state index in [1.54, 1.807) is 6.07 Å². The number of ether oxygens (including phenoxy) is 2. The van der Waals surface area contributed by atoms with Crippen molar-refractivity contribution in [3.05, 3.63) is 29.3 Å². The Labute approximate surface area is 198 Å². The molecule has 0 amide bonds. The number of aliphatic hydroxyl groups excluding tert-OH is 1. The van der Waals surface area contributed by atoms with E-state index in [1.807, 2.05) is 39.1 Å². The van der Waals surface area contributed by atoms with Gasteiger partial charge in [-0.3, -0.25) is 0 Å². The lowest BCUT2D eigenvalue weighted by Gasteiger charge is -2.27. The number of aliphatic hydroxyl groups is 1. The molecule has 0 bridgehead atoms. The van der Waals surface area contributed by atoms with E-state index in [-0.39, 0.29) is 12.7 Å². The van der Waals surface area contributed by atoms with Gasteiger partial charge >= 0.3 is 0 Å². The maximum Gasteiger partial charge on any atom is 0.296 e. The van der Waals surface area contributed by atoms with E-state index in [0.29, 0.717) is 51.8 Å². The highest BCUT2D eigenvalue weighted by molar-refractivity contribution is 6.33. The predicted octanol–water partition coefficient (Wildman–Crippen LogP) is 4.17. The van der Waals surface area contributed by atoms with Crippen molar-refractivity contribution in [2.45, 2.75) is 51.2 Å². The van der Waals surface area contributed by atoms with Crippen molar-refractivity contribution in [2.75, 3.05) is 25.9 Å². The Balaban J connectivity index is 1.53. The van der Waals surface area contributed by atoms with Gasteiger partial charge in [-0.25, -0.2) is 4.98 Å². The van der Waals surface area contributed by atoms with Crippen LogP contribution in [0.5, 0.6) is 11.8 Å². The average molecular weight is 474 g/mol. The number of benzene rings is 1. The Kier molecular flexibility index (Phi) is 6.97. The number of nitrogens with two attached hydrogens (primary N) is 1. The van der Waals surface area contributed by atoms with Crippen molar-refractivity contribution in [1.82, 2.24) is 20.3 Å². The number of anilines is 1. The van der Waals surface area contributed by atoms with E-state index in [1.165, 1.54) is 0 Å². The summed E-state index contributed by atoms with van der Waals surface area (Å²) in [5, 5.41) is 12.9. The molecule has 1 aromatic carbocycles. The van der Waals surface area contributed by atoms with Gasteiger partial charge in [0.25, 0.3) is 6.01 Å². The van der Waals surface area contributed by atoms with Crippen LogP contribution in [-0.4, -0.2) is 52.0 Å². The molecule has 8 nitrogen and oxygen atoms in total. The highest BCUT2D eigenvalue weighted by Gasteiger charge is 2.24. The van der Waals surface area contributed by atoms with Crippen molar-refractivity contribution in [3.63, 3.8) is 0 Å². The average Bonchev–Trinajstić information content (AvgIpc) is 3.16. The van der Waals surface area contributed by atoms with Gasteiger partial charge in [0.2, 0.25) is 0 Å². The zero-order valence-electron chi connectivity index (χ0n) is 19.3. The zero-order chi connectivity index (χ0) is 23.6. The van der Waals surface area contributed by atoms with Gasteiger partial charge in [-0.15, -0.1) is 0 Å². The number of halogens is 1. The molecule has 0 unspecified atom stereocenters. The lowest BCUT2D eigenvalue weighted by Crippen LogP contribution is -2.39. The smallest absolute Gasteiger partial charge is 0.296 e. The molecule has 0 saturated heterocycles. The summed E-state index contributed by atoms with van der Waals surface area (Å²) in [5.74, 6) is 0.990. The second-order valence-corrected chi connectivity index (χ2v) is 9.73. The van der Waals surface area contributed by atoms with Crippen LogP contribution in [-0.2, 0) is 0 Å². The van der Waals surface area contributed by atoms with Crippen LogP contribution in [0.25, 0.3) is 22.4 Å². The molecular formula is C24H32ClN5O3. The number of likely N-dealkylation sites (N-methyl/N-ethyl adjacent to an activating group) is 1. The Bertz CT molecular complexity index is 1110. The van der Waals surface area contributed by atoms with Gasteiger partial charge in [-0.05, 0) is 76.8 Å². The van der Waals surface area contributed by atoms with Crippen molar-refractivity contribution in [2.24, 2.45) is 5.92 Å². The van der Waals surface area contributed by atoms with Gasteiger partial charge in [-0.2, -0.15) is 4.98 Å². The molecule has 4 rings (SSSR count). The number of H-pyrrole nitrogens is 1. The second-order valence-electron chi connectivity index (χ2n) is 9.32. The molecule has 0 spiro atoms. The van der Waals surface area contributed by atoms with Gasteiger partial charge in [0.05, 0.1) is 21.9 Å². The third-order valence-corrected chi connectivity index (χ3v) is 6.30. The summed E-state index contributed by atoms with van der Waals surface area (Å²) in [7, 11) is 1.88. The van der Waals surface area contributed by atoms with E-state index < -0.39 is 5.60 Å². The quantitative estimate of drug-likeness (QED) is 0.362. The Morgan fingerprint density at radius 3 is 2.64 bits per heavy atom. The molecule has 2 heterocycles. The van der Waals surface area contributed by atoms with Crippen LogP contribution in [0, 0.1) is 5.92 Å². The number of imidazole rings is 1. The molecule has 1 saturated carbocycles. The highest BCUT2D eigenvalue weighted by Crippen LogP contribution is 2.35. The first kappa shape index (κ1) is 23.6. The molecule has 0 aliphatic heterocycles. The lowest BCUT2D eigenvalue weighted by molar-refractivity contribution is 0.0976. The van der Waals surface area contributed by atoms with E-state index in [0.717, 1.165) is 31.2 Å². The fraction of sp³-hybridized carbons (Fsp3) is 0.500. The molecule has 1 aliphatic rings. The van der Waals surface area contributed by atoms with Crippen molar-refractivity contribution in [1.29, 1.82) is 0 Å². The van der Waals surface area contributed by atoms with Crippen LogP contribution < -0.4 is 20.5 Å². The molecule has 178 valence electrons. The van der Waals surface area contributed by atoms with Gasteiger partial charge in [0.1, 0.15) is 17.5 Å². The summed E-state index contributed by atoms with van der Waals surface area (Å²) in [4.78, 5) is 12.4. The summed E-state index contributed by atoms with van der Waals surface area (Å²) in [6.45, 7) is 4.93. The van der Waals surface area contributed by atoms with Crippen LogP contribution in [0.3, 0.4) is 0 Å². The third-order valence-electron chi connectivity index (χ3n) is 6.01. The number of pyridine rings is 1. The van der Waals surface area contributed by atoms with Crippen molar-refractivity contribution < 1.29 is 14.6 Å². The maximum atomic E-state index is 9.31. The first-order valence-corrected chi connectivity index (χ1v) is 11.7. The van der Waals surface area contributed by atoms with Crippen molar-refractivity contribution >= 4 is 28.5 Å². The number of hydrogen-bond donors (Lipinski definition) is 4. The molecule has 2 aromatic heterocycles. The molecule has 3 aromatic rings. The van der Waals surface area contributed by atoms with Crippen LogP contribution >= 0.6 is 11.6 Å². The third kappa shape index (κ3) is 5.51. The van der Waals surface area contributed by atoms with E-state index in [4.69, 9.17) is 26.8 Å². The first-order chi connectivity index (χ1) is 15.8. The van der Waals surface area contributed by atoms with Crippen LogP contribution in [0.1, 0.15) is 39.5 Å². The summed E-state index contributed by atoms with van der Waals surface area (Å²) in [6, 6.07) is 7.79. The van der Waals surface area contributed by atoms with Crippen LogP contribution in [0.4, 0.5) is 5.69 Å². The molecular weight excluding hydrogens is 442 g/mol. The van der Waals surface area contributed by atoms with Crippen LogP contribution in [0.15, 0.2) is 24.3 Å². The summed E-state index contributed by atoms with van der Waals surface area (Å²) < 4.78 is 12.1. The zero-order valence-corrected chi connectivity index (χ0v) is 20.1. The molecule has 0 radical (unpaired) electrons. The second kappa shape index (κ2) is 9.75. The van der Waals surface area contributed by atoms with E-state index >= 15 is 0 Å². The first-order valence-electron chi connectivity index (χ1n) is 11.4. The van der Waals surface area contributed by atoms with Crippen LogP contribution in [0.2, 0.25) is 5.02 Å². The van der Waals surface area contributed by atoms with Gasteiger partial charge < -0.3 is 30.6 Å². The van der Waals surface area contributed by atoms with Crippen molar-refractivity contribution in [3.8, 4) is 23.0 Å². The lowest BCUT2D eigenvalue weighted by atomic mass is 9.88. The number of hydrogen-bond acceptors (Lipinski definition) is 7. The largest absolute Gasteiger partial charge is 0.484 e. The summed E-state index contributed by atoms with van der Waals surface area (Å²) in [5.41, 5.74) is 9.01. The number of nitrogens with zero attached hydrogens (tertiary/aromatic N) is 2. The normalized spacial score (nSPS) is 19.1. The summed E-state index contributed by atoms with van der Waals surface area (Å²) in [6.07, 6.45) is 3.81. The number of aromatic amines is 1. The number of fused-ring (bicyclic) bond motifs is 1. The molecule has 9 heteroatoms. The molecule has 5 N–H and O–H groups in total. The summed E-state index contributed by atoms with van der Waals surface area (Å²) >= 11 is 6.56. The Hall–Kier alpha value is -2.55. The number of nitrogen functional groups attached to an aromatic ring is 1. The minimum absolute atomic E-state index is 0.0859. The van der Waals surface area contributed by atoms with E-state index in [2.05, 4.69) is 20.3 Å². The Morgan fingerprint density at radius 2 is 1.97 bits per heavy atom. The maximum absolute atomic E-state index is 9.31. The minimum atomic E-state index is -0.401. The van der Waals surface area contributed by atoms with E-state index in [9.17, 15) is 5.11 Å². The SMILES string of the molecule is CNCC(C)(C)Oc1ccc(-c2nc3nc(O[C@H]4CC[C@H](CO)CC4)[nH]c3cc2Cl)cc1N. The molecule has 33 heavy (non-hydrogen) atoms. The highest BCUT2D eigenvalue weighted by atomic mass is 35.5. The minimum Gasteiger partial charge on any atom is -0.484 e. The standard InChI is InChI=1S/C24H32ClN5O3/c1-24(2,13-27-3)33-20-9-6-15(10-18(20)26)21-17(25)11-19-22(29-21)30-23(28-19)32-16-7-4-14(12-31)5-8-16/h6,9-11,14,16,27,31H,4-5,7-8,12-13,26H2,1-3H3,(H,28,29,30)/t14-,16-. The fourth-order valence-corrected chi connectivity index (χ4v) is 4.55. The Morgan fingerprint density at radius 1 is 1.21 bits per heavy atom. The number of aromatic nitrogens is 3. The molecule has 1 aliphatic carbocycles. The number of rotatable bonds is 8. The fourth-order valence-electron chi connectivity index (χ4n) is 4.29. The topological polar surface area (TPSA) is 118 Å². The predicted molar refractivity (Wildman–Crippen MR) is 131 cm³/mol. The van der Waals surface area contributed by atoms with Gasteiger partial charge in [-0.1, -0.05) is 11.6 Å². The number of nitrogens with one attached hydrogen (secondary N) is 2.